The summed E-state index contributed by atoms with van der Waals surface area (Å²) in [7, 11) is 0. The number of hydrogen-bond acceptors (Lipinski definition) is 2. The molecular weight excluding hydrogens is 1120 g/mol. The lowest BCUT2D eigenvalue weighted by Gasteiger charge is -2.46. The summed E-state index contributed by atoms with van der Waals surface area (Å²) in [6, 6.07) is 12.9. The molecule has 0 aliphatic carbocycles. The Kier molecular flexibility index (Phi) is 15.9. The molecule has 0 spiro atoms. The Morgan fingerprint density at radius 1 is 0.359 bits per heavy atom. The highest BCUT2D eigenvalue weighted by Crippen LogP contribution is 2.41. The molecule has 0 aliphatic heterocycles. The van der Waals surface area contributed by atoms with Gasteiger partial charge in [-0.25, -0.2) is 0 Å². The zero-order chi connectivity index (χ0) is 58.6. The maximum absolute atomic E-state index is 14.2. The van der Waals surface area contributed by atoms with Gasteiger partial charge in [0.15, 0.2) is 6.54 Å². The molecule has 0 bridgehead atoms. The minimum absolute atomic E-state index is 0.169. The van der Waals surface area contributed by atoms with Gasteiger partial charge in [-0.1, -0.05) is 91.0 Å². The Bertz CT molecular complexity index is 2900. The molecule has 0 amide bonds. The zero-order valence-corrected chi connectivity index (χ0v) is 38.1. The number of fused-ring (bicyclic) bond motifs is 1. The average Bonchev–Trinajstić information content (AvgIpc) is 3.51. The number of para-hydroxylation sites is 1. The van der Waals surface area contributed by atoms with Crippen LogP contribution in [-0.4, -0.2) is 11.1 Å². The van der Waals surface area contributed by atoms with Crippen LogP contribution < -0.4 is 26.4 Å². The smallest absolute Gasteiger partial charge is 0.264 e. The number of aromatic nitrogens is 1. The van der Waals surface area contributed by atoms with Gasteiger partial charge in [0, 0.05) is 28.0 Å². The summed E-state index contributed by atoms with van der Waals surface area (Å²) in [4.78, 5) is 10.6. The van der Waals surface area contributed by atoms with E-state index in [0.29, 0.717) is 12.2 Å². The molecule has 416 valence electrons. The third-order valence-electron chi connectivity index (χ3n) is 11.9. The molecule has 1 aromatic heterocycles. The van der Waals surface area contributed by atoms with Gasteiger partial charge in [0.2, 0.25) is 5.52 Å². The van der Waals surface area contributed by atoms with E-state index in [1.807, 2.05) is 71.3 Å². The topological polar surface area (TPSA) is 47.0 Å². The van der Waals surface area contributed by atoms with Crippen molar-refractivity contribution >= 4 is 38.9 Å². The molecule has 78 heavy (non-hydrogen) atoms. The highest BCUT2D eigenvalue weighted by atomic mass is 19.4. The molecule has 0 radical (unpaired) electrons. The van der Waals surface area contributed by atoms with Crippen molar-refractivity contribution < 1.29 is 115 Å². The molecule has 0 saturated heterocycles. The Morgan fingerprint density at radius 2 is 0.628 bits per heavy atom. The monoisotopic (exact) mass is 1140 g/mol. The normalized spacial score (nSPS) is 13.3. The first kappa shape index (κ1) is 59.8. The van der Waals surface area contributed by atoms with Gasteiger partial charge in [-0.15, -0.1) is 0 Å². The first-order valence-corrected chi connectivity index (χ1v) is 21.4. The number of alkyl halides is 24. The van der Waals surface area contributed by atoms with Crippen molar-refractivity contribution in [1.29, 1.82) is 0 Å². The van der Waals surface area contributed by atoms with E-state index in [0.717, 1.165) is 16.5 Å². The molecule has 0 aliphatic rings. The van der Waals surface area contributed by atoms with Crippen molar-refractivity contribution in [2.24, 2.45) is 0 Å². The van der Waals surface area contributed by atoms with Gasteiger partial charge in [-0.2, -0.15) is 132 Å². The summed E-state index contributed by atoms with van der Waals surface area (Å²) in [5, 5.41) is 12.0. The van der Waals surface area contributed by atoms with Crippen LogP contribution in [0.25, 0.3) is 10.9 Å². The van der Waals surface area contributed by atoms with E-state index < -0.39 is 195 Å². The molecule has 0 fully saturated rings. The Hall–Kier alpha value is -7.49. The third-order valence-corrected chi connectivity index (χ3v) is 11.9. The number of nitrogens with zero attached hydrogens (tertiary/aromatic N) is 2. The summed E-state index contributed by atoms with van der Waals surface area (Å²) in [5.74, 6) is 0. The Balaban J connectivity index is 0.000000387. The molecular formula is C49H27BF24N2O2. The van der Waals surface area contributed by atoms with Crippen LogP contribution in [0.5, 0.6) is 0 Å². The molecule has 0 N–H and O–H groups in total. The fourth-order valence-electron chi connectivity index (χ4n) is 8.60. The molecule has 1 heterocycles. The lowest BCUT2D eigenvalue weighted by atomic mass is 9.12. The number of hydrogen-bond donors (Lipinski definition) is 0. The standard InChI is InChI=1S/C32H12BF24.C17H15N2O2/c34-25(35,36)13-1-14(26(37,38)39)6-21(5-13)33(22-7-15(27(40,41)42)2-16(8-22)28(43,44)45,23-9-17(29(46,47)48)3-18(10-23)30(49,50)51)24-11-19(31(52,53)54)4-20(12-24)32(55,56)57;20-19(21)13-16-11-10-15-8-4-5-9-17(15)18(16)12-14-6-2-1-3-7-14/h1-12H;1-11H,12-13H2/q-1;+1. The predicted octanol–water partition coefficient (Wildman–Crippen LogP) is 14.2. The van der Waals surface area contributed by atoms with E-state index in [1.165, 1.54) is 0 Å². The fraction of sp³-hybridized carbons (Fsp3) is 0.204. The quantitative estimate of drug-likeness (QED) is 0.0500. The van der Waals surface area contributed by atoms with Crippen molar-refractivity contribution in [2.75, 3.05) is 0 Å². The van der Waals surface area contributed by atoms with Gasteiger partial charge in [0.05, 0.1) is 44.5 Å². The first-order chi connectivity index (χ1) is 35.5. The van der Waals surface area contributed by atoms with Crippen molar-refractivity contribution in [3.8, 4) is 0 Å². The molecule has 0 unspecified atom stereocenters. The summed E-state index contributed by atoms with van der Waals surface area (Å²) in [6.45, 7) is 0.461. The van der Waals surface area contributed by atoms with E-state index in [-0.39, 0.29) is 11.5 Å². The first-order valence-electron chi connectivity index (χ1n) is 21.4. The van der Waals surface area contributed by atoms with Crippen molar-refractivity contribution in [3.63, 3.8) is 0 Å². The minimum atomic E-state index is -6.13. The number of halogens is 24. The van der Waals surface area contributed by atoms with Crippen LogP contribution in [0, 0.1) is 10.1 Å². The molecule has 0 saturated carbocycles. The van der Waals surface area contributed by atoms with Crippen LogP contribution in [0.15, 0.2) is 140 Å². The van der Waals surface area contributed by atoms with E-state index in [1.54, 1.807) is 0 Å². The van der Waals surface area contributed by atoms with Crippen molar-refractivity contribution in [1.82, 2.24) is 0 Å². The summed E-state index contributed by atoms with van der Waals surface area (Å²) < 4.78 is 343. The van der Waals surface area contributed by atoms with Crippen LogP contribution in [0.2, 0.25) is 0 Å². The van der Waals surface area contributed by atoms with Gasteiger partial charge in [0.1, 0.15) is 6.15 Å². The van der Waals surface area contributed by atoms with Crippen molar-refractivity contribution in [3.05, 3.63) is 205 Å². The van der Waals surface area contributed by atoms with Crippen LogP contribution >= 0.6 is 0 Å². The zero-order valence-electron chi connectivity index (χ0n) is 38.1. The van der Waals surface area contributed by atoms with Crippen molar-refractivity contribution in [2.45, 2.75) is 62.5 Å². The van der Waals surface area contributed by atoms with Gasteiger partial charge >= 0.3 is 49.4 Å². The highest BCUT2D eigenvalue weighted by Gasteiger charge is 2.47. The van der Waals surface area contributed by atoms with E-state index in [4.69, 9.17) is 0 Å². The van der Waals surface area contributed by atoms with E-state index >= 15 is 0 Å². The molecule has 29 heteroatoms. The maximum atomic E-state index is 14.2. The maximum Gasteiger partial charge on any atom is 0.416 e. The fourth-order valence-corrected chi connectivity index (χ4v) is 8.60. The largest absolute Gasteiger partial charge is 0.416 e. The lowest BCUT2D eigenvalue weighted by molar-refractivity contribution is -0.685. The Labute approximate surface area is 421 Å². The average molecular weight is 1140 g/mol. The lowest BCUT2D eigenvalue weighted by Crippen LogP contribution is -2.75. The number of pyridine rings is 1. The molecule has 7 rings (SSSR count). The highest BCUT2D eigenvalue weighted by molar-refractivity contribution is 7.20. The van der Waals surface area contributed by atoms with Gasteiger partial charge in [0.25, 0.3) is 12.2 Å². The molecule has 0 atom stereocenters. The van der Waals surface area contributed by atoms with Crippen LogP contribution in [-0.2, 0) is 62.5 Å². The van der Waals surface area contributed by atoms with Crippen LogP contribution in [0.1, 0.15) is 55.8 Å². The van der Waals surface area contributed by atoms with Crippen LogP contribution in [0.3, 0.4) is 0 Å². The van der Waals surface area contributed by atoms with E-state index in [9.17, 15) is 115 Å². The molecule has 7 aromatic rings. The van der Waals surface area contributed by atoms with E-state index in [2.05, 4.69) is 0 Å². The van der Waals surface area contributed by atoms with Gasteiger partial charge < -0.3 is 0 Å². The van der Waals surface area contributed by atoms with Crippen LogP contribution in [0.4, 0.5) is 105 Å². The minimum Gasteiger partial charge on any atom is -0.264 e. The van der Waals surface area contributed by atoms with Gasteiger partial charge in [-0.3, -0.25) is 10.1 Å². The number of nitro groups is 1. The molecule has 4 nitrogen and oxygen atoms in total. The summed E-state index contributed by atoms with van der Waals surface area (Å²) >= 11 is 0. The number of benzene rings is 6. The van der Waals surface area contributed by atoms with Gasteiger partial charge in [-0.05, 0) is 36.4 Å². The number of rotatable bonds is 8. The SMILES string of the molecule is FC(F)(F)c1cc([B-](c2cc(C(F)(F)F)cc(C(F)(F)F)c2)(c2cc(C(F)(F)F)cc(C(F)(F)F)c2)c2cc(C(F)(F)F)cc(C(F)(F)F)c2)cc(C(F)(F)F)c1.O=[N+]([O-])Cc1ccc2ccccc2[n+]1Cc1ccccc1. The second-order valence-corrected chi connectivity index (χ2v) is 17.2. The third kappa shape index (κ3) is 13.4. The summed E-state index contributed by atoms with van der Waals surface area (Å²) in [6.07, 6.45) is -54.8. The summed E-state index contributed by atoms with van der Waals surface area (Å²) in [5.41, 5.74) is -27.4. The predicted molar refractivity (Wildman–Crippen MR) is 230 cm³/mol. The second-order valence-electron chi connectivity index (χ2n) is 17.2. The Morgan fingerprint density at radius 3 is 0.897 bits per heavy atom. The molecule has 6 aromatic carbocycles. The second kappa shape index (κ2) is 20.7.